The van der Waals surface area contributed by atoms with Crippen molar-refractivity contribution in [3.8, 4) is 0 Å². The Balaban J connectivity index is 1.57. The van der Waals surface area contributed by atoms with Gasteiger partial charge in [0.25, 0.3) is 0 Å². The van der Waals surface area contributed by atoms with E-state index in [4.69, 9.17) is 4.55 Å². The first-order chi connectivity index (χ1) is 13.6. The van der Waals surface area contributed by atoms with Gasteiger partial charge >= 0.3 is 0 Å². The van der Waals surface area contributed by atoms with Crippen LogP contribution in [0.25, 0.3) is 0 Å². The maximum absolute atomic E-state index is 13.1. The Morgan fingerprint density at radius 3 is 2.39 bits per heavy atom. The van der Waals surface area contributed by atoms with Crippen LogP contribution in [-0.2, 0) is 11.2 Å². The van der Waals surface area contributed by atoms with E-state index in [-0.39, 0.29) is 11.8 Å². The summed E-state index contributed by atoms with van der Waals surface area (Å²) in [6.07, 6.45) is 1.68. The minimum Gasteiger partial charge on any atom is -0.368 e. The minimum absolute atomic E-state index is 0.0500. The lowest BCUT2D eigenvalue weighted by Crippen LogP contribution is -2.50. The quantitative estimate of drug-likeness (QED) is 0.532. The molecule has 3 rings (SSSR count). The molecule has 1 heterocycles. The molecule has 1 aliphatic rings. The summed E-state index contributed by atoms with van der Waals surface area (Å²) in [5.41, 5.74) is 4.55. The zero-order chi connectivity index (χ0) is 19.9. The van der Waals surface area contributed by atoms with Gasteiger partial charge in [-0.2, -0.15) is 0 Å². The highest BCUT2D eigenvalue weighted by atomic mass is 32.2. The molecule has 150 valence electrons. The van der Waals surface area contributed by atoms with Crippen molar-refractivity contribution >= 4 is 29.5 Å². The fourth-order valence-electron chi connectivity index (χ4n) is 3.75. The van der Waals surface area contributed by atoms with Gasteiger partial charge in [0.15, 0.2) is 0 Å². The number of benzene rings is 2. The molecule has 1 aliphatic heterocycles. The molecule has 0 bridgehead atoms. The van der Waals surface area contributed by atoms with E-state index in [1.165, 1.54) is 11.1 Å². The Bertz CT molecular complexity index is 774. The Morgan fingerprint density at radius 1 is 1.11 bits per heavy atom. The number of hydrogen-bond acceptors (Lipinski definition) is 5. The zero-order valence-electron chi connectivity index (χ0n) is 16.6. The third-order valence-electron chi connectivity index (χ3n) is 5.56. The van der Waals surface area contributed by atoms with Crippen LogP contribution in [-0.4, -0.2) is 41.5 Å². The molecule has 0 aliphatic carbocycles. The molecule has 5 nitrogen and oxygen atoms in total. The van der Waals surface area contributed by atoms with Crippen molar-refractivity contribution in [2.45, 2.75) is 26.7 Å². The summed E-state index contributed by atoms with van der Waals surface area (Å²) in [5.74, 6) is 0.332. The number of amides is 1. The normalized spacial score (nSPS) is 15.4. The summed E-state index contributed by atoms with van der Waals surface area (Å²) in [4.78, 5) is 17.4. The highest BCUT2D eigenvalue weighted by molar-refractivity contribution is 7.95. The van der Waals surface area contributed by atoms with Gasteiger partial charge in [0.2, 0.25) is 5.91 Å². The van der Waals surface area contributed by atoms with Crippen molar-refractivity contribution in [1.29, 1.82) is 0 Å². The molecule has 0 saturated carbocycles. The molecule has 1 saturated heterocycles. The van der Waals surface area contributed by atoms with E-state index in [0.717, 1.165) is 50.4 Å². The second kappa shape index (κ2) is 9.85. The smallest absolute Gasteiger partial charge is 0.226 e. The van der Waals surface area contributed by atoms with Crippen LogP contribution in [0, 0.1) is 12.8 Å². The van der Waals surface area contributed by atoms with Crippen LogP contribution < -0.4 is 9.62 Å². The Labute approximate surface area is 172 Å². The number of carbonyl (C=O) groups excluding carboxylic acids is 1. The lowest BCUT2D eigenvalue weighted by atomic mass is 9.93. The van der Waals surface area contributed by atoms with Crippen molar-refractivity contribution < 1.29 is 9.35 Å². The molecule has 1 unspecified atom stereocenters. The van der Waals surface area contributed by atoms with Gasteiger partial charge in [0.1, 0.15) is 12.2 Å². The molecule has 0 radical (unpaired) electrons. The Kier molecular flexibility index (Phi) is 7.23. The van der Waals surface area contributed by atoms with Crippen LogP contribution in [0.15, 0.2) is 48.5 Å². The number of aryl methyl sites for hydroxylation is 1. The molecule has 1 fully saturated rings. The molecule has 2 aromatic rings. The SMILES string of the molecule is CCC(Cc1ccccc1C)C(=O)N1CCN(c2ccc(NSO)cc2)CC1. The lowest BCUT2D eigenvalue weighted by Gasteiger charge is -2.37. The van der Waals surface area contributed by atoms with E-state index in [1.807, 2.05) is 35.2 Å². The molecule has 1 amide bonds. The van der Waals surface area contributed by atoms with E-state index >= 15 is 0 Å². The number of rotatable bonds is 7. The minimum atomic E-state index is 0.0500. The van der Waals surface area contributed by atoms with Crippen LogP contribution in [0.5, 0.6) is 0 Å². The highest BCUT2D eigenvalue weighted by Gasteiger charge is 2.27. The first-order valence-corrected chi connectivity index (χ1v) is 10.6. The van der Waals surface area contributed by atoms with Gasteiger partial charge in [-0.15, -0.1) is 0 Å². The highest BCUT2D eigenvalue weighted by Crippen LogP contribution is 2.23. The summed E-state index contributed by atoms with van der Waals surface area (Å²) >= 11 is 0.598. The first kappa shape index (κ1) is 20.6. The second-order valence-corrected chi connectivity index (χ2v) is 7.68. The van der Waals surface area contributed by atoms with Crippen LogP contribution >= 0.6 is 12.2 Å². The predicted molar refractivity (Wildman–Crippen MR) is 118 cm³/mol. The molecular weight excluding hydrogens is 370 g/mol. The van der Waals surface area contributed by atoms with Crippen LogP contribution in [0.2, 0.25) is 0 Å². The van der Waals surface area contributed by atoms with Crippen molar-refractivity contribution in [1.82, 2.24) is 4.90 Å². The summed E-state index contributed by atoms with van der Waals surface area (Å²) in [6, 6.07) is 16.3. The fourth-order valence-corrected chi connectivity index (χ4v) is 3.99. The number of piperazine rings is 1. The molecule has 28 heavy (non-hydrogen) atoms. The second-order valence-electron chi connectivity index (χ2n) is 7.29. The molecule has 6 heteroatoms. The van der Waals surface area contributed by atoms with Crippen molar-refractivity contribution in [2.24, 2.45) is 5.92 Å². The summed E-state index contributed by atoms with van der Waals surface area (Å²) in [5, 5.41) is 0. The first-order valence-electron chi connectivity index (χ1n) is 9.87. The number of hydrogen-bond donors (Lipinski definition) is 2. The fraction of sp³-hybridized carbons (Fsp3) is 0.409. The molecule has 2 N–H and O–H groups in total. The lowest BCUT2D eigenvalue weighted by molar-refractivity contribution is -0.135. The van der Waals surface area contributed by atoms with E-state index in [9.17, 15) is 4.79 Å². The average Bonchev–Trinajstić information content (AvgIpc) is 2.74. The Hall–Kier alpha value is -2.18. The summed E-state index contributed by atoms with van der Waals surface area (Å²) < 4.78 is 11.7. The van der Waals surface area contributed by atoms with Gasteiger partial charge in [0.05, 0.1) is 0 Å². The third kappa shape index (κ3) is 5.00. The number of nitrogens with one attached hydrogen (secondary N) is 1. The number of carbonyl (C=O) groups is 1. The van der Waals surface area contributed by atoms with Gasteiger partial charge in [0, 0.05) is 43.5 Å². The van der Waals surface area contributed by atoms with Crippen molar-refractivity contribution in [3.63, 3.8) is 0 Å². The summed E-state index contributed by atoms with van der Waals surface area (Å²) in [7, 11) is 0. The maximum Gasteiger partial charge on any atom is 0.226 e. The average molecular weight is 400 g/mol. The largest absolute Gasteiger partial charge is 0.368 e. The molecule has 2 aromatic carbocycles. The van der Waals surface area contributed by atoms with Crippen molar-refractivity contribution in [3.05, 3.63) is 59.7 Å². The standard InChI is InChI=1S/C22H29N3O2S/c1-3-18(16-19-7-5-4-6-17(19)2)22(26)25-14-12-24(13-15-25)21-10-8-20(9-11-21)23-28-27/h4-11,18,23,27H,3,12-16H2,1-2H3. The van der Waals surface area contributed by atoms with Gasteiger partial charge < -0.3 is 19.1 Å². The molecule has 0 spiro atoms. The van der Waals surface area contributed by atoms with Gasteiger partial charge in [-0.05, 0) is 55.2 Å². The Morgan fingerprint density at radius 2 is 1.79 bits per heavy atom. The molecule has 1 atom stereocenters. The van der Waals surface area contributed by atoms with Crippen LogP contribution in [0.4, 0.5) is 11.4 Å². The van der Waals surface area contributed by atoms with Gasteiger partial charge in [-0.3, -0.25) is 4.79 Å². The summed E-state index contributed by atoms with van der Waals surface area (Å²) in [6.45, 7) is 7.43. The van der Waals surface area contributed by atoms with Crippen LogP contribution in [0.1, 0.15) is 24.5 Å². The number of anilines is 2. The van der Waals surface area contributed by atoms with E-state index < -0.39 is 0 Å². The van der Waals surface area contributed by atoms with Gasteiger partial charge in [-0.1, -0.05) is 31.2 Å². The van der Waals surface area contributed by atoms with E-state index in [0.29, 0.717) is 12.2 Å². The zero-order valence-corrected chi connectivity index (χ0v) is 17.4. The topological polar surface area (TPSA) is 55.8 Å². The number of nitrogens with zero attached hydrogens (tertiary/aromatic N) is 2. The monoisotopic (exact) mass is 399 g/mol. The van der Waals surface area contributed by atoms with Crippen LogP contribution in [0.3, 0.4) is 0 Å². The maximum atomic E-state index is 13.1. The third-order valence-corrected chi connectivity index (χ3v) is 5.88. The van der Waals surface area contributed by atoms with E-state index in [1.54, 1.807) is 0 Å². The van der Waals surface area contributed by atoms with Gasteiger partial charge in [-0.25, -0.2) is 0 Å². The van der Waals surface area contributed by atoms with Crippen molar-refractivity contribution in [2.75, 3.05) is 35.8 Å². The van der Waals surface area contributed by atoms with E-state index in [2.05, 4.69) is 41.7 Å². The molecule has 0 aromatic heterocycles. The molecular formula is C22H29N3O2S. The predicted octanol–water partition coefficient (Wildman–Crippen LogP) is 4.45.